The van der Waals surface area contributed by atoms with E-state index < -0.39 is 0 Å². The summed E-state index contributed by atoms with van der Waals surface area (Å²) in [6.07, 6.45) is 2.11. The first-order valence-corrected chi connectivity index (χ1v) is 6.57. The van der Waals surface area contributed by atoms with E-state index in [9.17, 15) is 0 Å². The van der Waals surface area contributed by atoms with Crippen LogP contribution in [0, 0.1) is 0 Å². The third-order valence-electron chi connectivity index (χ3n) is 2.59. The Hall–Kier alpha value is -1.13. The van der Waals surface area contributed by atoms with Crippen LogP contribution in [-0.4, -0.2) is 44.2 Å². The lowest BCUT2D eigenvalue weighted by Crippen LogP contribution is -2.20. The Bertz CT molecular complexity index is 329. The number of likely N-dealkylation sites (N-methyl/N-ethyl adjacent to an activating group) is 1. The minimum Gasteiger partial charge on any atom is -0.476 e. The lowest BCUT2D eigenvalue weighted by Gasteiger charge is -2.12. The van der Waals surface area contributed by atoms with Crippen molar-refractivity contribution in [3.05, 3.63) is 23.4 Å². The van der Waals surface area contributed by atoms with Gasteiger partial charge >= 0.3 is 0 Å². The van der Waals surface area contributed by atoms with Crippen LogP contribution in [-0.2, 0) is 13.0 Å². The second kappa shape index (κ2) is 8.06. The number of nitrogens with one attached hydrogen (secondary N) is 1. The van der Waals surface area contributed by atoms with Gasteiger partial charge in [-0.15, -0.1) is 0 Å². The molecular formula is C14H25N3O. The van der Waals surface area contributed by atoms with E-state index in [0.29, 0.717) is 6.61 Å². The van der Waals surface area contributed by atoms with Gasteiger partial charge in [0.05, 0.1) is 0 Å². The minimum atomic E-state index is 0.675. The van der Waals surface area contributed by atoms with Gasteiger partial charge in [-0.25, -0.2) is 4.98 Å². The molecule has 102 valence electrons. The summed E-state index contributed by atoms with van der Waals surface area (Å²) in [6.45, 7) is 4.60. The van der Waals surface area contributed by atoms with Crippen LogP contribution in [0.15, 0.2) is 12.1 Å². The summed E-state index contributed by atoms with van der Waals surface area (Å²) in [6, 6.07) is 4.17. The zero-order valence-electron chi connectivity index (χ0n) is 12.0. The van der Waals surface area contributed by atoms with E-state index in [0.717, 1.165) is 37.5 Å². The van der Waals surface area contributed by atoms with Gasteiger partial charge in [-0.1, -0.05) is 13.3 Å². The highest BCUT2D eigenvalue weighted by Gasteiger charge is 2.03. The Morgan fingerprint density at radius 1 is 1.33 bits per heavy atom. The summed E-state index contributed by atoms with van der Waals surface area (Å²) >= 11 is 0. The third kappa shape index (κ3) is 5.47. The van der Waals surface area contributed by atoms with Crippen LogP contribution in [0.3, 0.4) is 0 Å². The fourth-order valence-corrected chi connectivity index (χ4v) is 1.72. The maximum Gasteiger partial charge on any atom is 0.213 e. The van der Waals surface area contributed by atoms with E-state index in [2.05, 4.69) is 28.2 Å². The van der Waals surface area contributed by atoms with Gasteiger partial charge in [0.2, 0.25) is 5.88 Å². The molecule has 0 fully saturated rings. The maximum absolute atomic E-state index is 5.71. The predicted molar refractivity (Wildman–Crippen MR) is 75.0 cm³/mol. The molecule has 1 aromatic rings. The van der Waals surface area contributed by atoms with Crippen molar-refractivity contribution in [1.29, 1.82) is 0 Å². The van der Waals surface area contributed by atoms with Crippen LogP contribution < -0.4 is 10.1 Å². The van der Waals surface area contributed by atoms with E-state index in [1.807, 2.05) is 27.2 Å². The Kier molecular flexibility index (Phi) is 6.68. The molecular weight excluding hydrogens is 226 g/mol. The summed E-state index contributed by atoms with van der Waals surface area (Å²) in [4.78, 5) is 6.64. The van der Waals surface area contributed by atoms with Crippen LogP contribution in [0.5, 0.6) is 5.88 Å². The monoisotopic (exact) mass is 251 g/mol. The van der Waals surface area contributed by atoms with E-state index in [1.54, 1.807) is 0 Å². The summed E-state index contributed by atoms with van der Waals surface area (Å²) in [5.74, 6) is 0.744. The first kappa shape index (κ1) is 14.9. The summed E-state index contributed by atoms with van der Waals surface area (Å²) in [5, 5.41) is 3.16. The van der Waals surface area contributed by atoms with Crippen molar-refractivity contribution in [3.8, 4) is 5.88 Å². The number of aryl methyl sites for hydroxylation is 1. The molecule has 1 aromatic heterocycles. The van der Waals surface area contributed by atoms with Crippen molar-refractivity contribution >= 4 is 0 Å². The Morgan fingerprint density at radius 3 is 2.72 bits per heavy atom. The molecule has 0 spiro atoms. The summed E-state index contributed by atoms with van der Waals surface area (Å²) < 4.78 is 5.71. The Balaban J connectivity index is 2.69. The highest BCUT2D eigenvalue weighted by molar-refractivity contribution is 5.25. The zero-order valence-corrected chi connectivity index (χ0v) is 12.0. The molecule has 0 bridgehead atoms. The van der Waals surface area contributed by atoms with Crippen LogP contribution in [0.4, 0.5) is 0 Å². The molecule has 0 atom stereocenters. The second-order valence-electron chi connectivity index (χ2n) is 4.74. The molecule has 0 amide bonds. The standard InChI is InChI=1S/C14H25N3O/c1-5-6-13-9-12(11-15-2)10-14(16-13)18-8-7-17(3)4/h9-10,15H,5-8,11H2,1-4H3. The van der Waals surface area contributed by atoms with Gasteiger partial charge in [-0.3, -0.25) is 0 Å². The van der Waals surface area contributed by atoms with Crippen molar-refractivity contribution in [1.82, 2.24) is 15.2 Å². The molecule has 4 heteroatoms. The molecule has 0 aliphatic heterocycles. The van der Waals surface area contributed by atoms with Crippen molar-refractivity contribution in [2.75, 3.05) is 34.3 Å². The average Bonchev–Trinajstić information content (AvgIpc) is 2.29. The summed E-state index contributed by atoms with van der Waals surface area (Å²) in [7, 11) is 6.03. The lowest BCUT2D eigenvalue weighted by molar-refractivity contribution is 0.253. The average molecular weight is 251 g/mol. The number of hydrogen-bond acceptors (Lipinski definition) is 4. The molecule has 0 radical (unpaired) electrons. The topological polar surface area (TPSA) is 37.4 Å². The zero-order chi connectivity index (χ0) is 13.4. The van der Waals surface area contributed by atoms with E-state index in [-0.39, 0.29) is 0 Å². The summed E-state index contributed by atoms with van der Waals surface area (Å²) in [5.41, 5.74) is 2.35. The fraction of sp³-hybridized carbons (Fsp3) is 0.643. The van der Waals surface area contributed by atoms with Crippen molar-refractivity contribution < 1.29 is 4.74 Å². The molecule has 1 N–H and O–H groups in total. The quantitative estimate of drug-likeness (QED) is 0.763. The van der Waals surface area contributed by atoms with Crippen molar-refractivity contribution in [2.45, 2.75) is 26.3 Å². The first-order valence-electron chi connectivity index (χ1n) is 6.57. The van der Waals surface area contributed by atoms with Crippen LogP contribution in [0.2, 0.25) is 0 Å². The molecule has 4 nitrogen and oxygen atoms in total. The van der Waals surface area contributed by atoms with E-state index in [4.69, 9.17) is 4.74 Å². The molecule has 1 heterocycles. The van der Waals surface area contributed by atoms with Crippen LogP contribution >= 0.6 is 0 Å². The third-order valence-corrected chi connectivity index (χ3v) is 2.59. The number of aromatic nitrogens is 1. The van der Waals surface area contributed by atoms with Gasteiger partial charge in [0, 0.05) is 24.8 Å². The normalized spacial score (nSPS) is 10.9. The van der Waals surface area contributed by atoms with Crippen LogP contribution in [0.25, 0.3) is 0 Å². The Morgan fingerprint density at radius 2 is 2.11 bits per heavy atom. The molecule has 0 unspecified atom stereocenters. The second-order valence-corrected chi connectivity index (χ2v) is 4.74. The smallest absolute Gasteiger partial charge is 0.213 e. The largest absolute Gasteiger partial charge is 0.476 e. The molecule has 18 heavy (non-hydrogen) atoms. The molecule has 0 aliphatic carbocycles. The first-order chi connectivity index (χ1) is 8.65. The molecule has 0 aliphatic rings. The predicted octanol–water partition coefficient (Wildman–Crippen LogP) is 1.69. The molecule has 0 saturated heterocycles. The molecule has 1 rings (SSSR count). The van der Waals surface area contributed by atoms with Gasteiger partial charge in [-0.2, -0.15) is 0 Å². The number of pyridine rings is 1. The van der Waals surface area contributed by atoms with Crippen molar-refractivity contribution in [2.24, 2.45) is 0 Å². The van der Waals surface area contributed by atoms with Crippen molar-refractivity contribution in [3.63, 3.8) is 0 Å². The number of nitrogens with zero attached hydrogens (tertiary/aromatic N) is 2. The van der Waals surface area contributed by atoms with E-state index >= 15 is 0 Å². The lowest BCUT2D eigenvalue weighted by atomic mass is 10.1. The van der Waals surface area contributed by atoms with Gasteiger partial charge in [0.1, 0.15) is 6.61 Å². The number of rotatable bonds is 8. The number of hydrogen-bond donors (Lipinski definition) is 1. The maximum atomic E-state index is 5.71. The van der Waals surface area contributed by atoms with Gasteiger partial charge in [-0.05, 0) is 39.2 Å². The molecule has 0 aromatic carbocycles. The van der Waals surface area contributed by atoms with E-state index in [1.165, 1.54) is 5.56 Å². The fourth-order valence-electron chi connectivity index (χ4n) is 1.72. The highest BCUT2D eigenvalue weighted by atomic mass is 16.5. The Labute approximate surface area is 110 Å². The number of ether oxygens (including phenoxy) is 1. The molecule has 0 saturated carbocycles. The van der Waals surface area contributed by atoms with Crippen LogP contribution in [0.1, 0.15) is 24.6 Å². The minimum absolute atomic E-state index is 0.675. The van der Waals surface area contributed by atoms with Gasteiger partial charge < -0.3 is 15.0 Å². The SMILES string of the molecule is CCCc1cc(CNC)cc(OCCN(C)C)n1. The van der Waals surface area contributed by atoms with Gasteiger partial charge in [0.15, 0.2) is 0 Å². The highest BCUT2D eigenvalue weighted by Crippen LogP contribution is 2.14. The van der Waals surface area contributed by atoms with Gasteiger partial charge in [0.25, 0.3) is 0 Å².